The predicted molar refractivity (Wildman–Crippen MR) is 122 cm³/mol. The average Bonchev–Trinajstić information content (AvgIpc) is 2.82. The number of hydrogen-bond donors (Lipinski definition) is 0. The molecule has 170 valence electrons. The lowest BCUT2D eigenvalue weighted by Gasteiger charge is -2.36. The third-order valence-electron chi connectivity index (χ3n) is 5.54. The predicted octanol–water partition coefficient (Wildman–Crippen LogP) is 3.74. The molecule has 0 unspecified atom stereocenters. The van der Waals surface area contributed by atoms with E-state index in [4.69, 9.17) is 16.3 Å². The number of piperazine rings is 1. The Bertz CT molecular complexity index is 1240. The number of esters is 1. The minimum absolute atomic E-state index is 0.199. The van der Waals surface area contributed by atoms with Crippen LogP contribution in [0.25, 0.3) is 10.9 Å². The van der Waals surface area contributed by atoms with Crippen LogP contribution in [0.4, 0.5) is 10.1 Å². The maximum absolute atomic E-state index is 14.4. The van der Waals surface area contributed by atoms with Gasteiger partial charge >= 0.3 is 5.97 Å². The summed E-state index contributed by atoms with van der Waals surface area (Å²) in [6, 6.07) is 12.7. The molecule has 2 heterocycles. The summed E-state index contributed by atoms with van der Waals surface area (Å²) in [5.74, 6) is -1.59. The second-order valence-electron chi connectivity index (χ2n) is 7.71. The number of Topliss-reactive ketones (excluding diaryl/α,β-unsaturated/α-hetero) is 1. The zero-order chi connectivity index (χ0) is 23.5. The van der Waals surface area contributed by atoms with Crippen LogP contribution in [0.1, 0.15) is 27.6 Å². The van der Waals surface area contributed by atoms with Crippen molar-refractivity contribution in [2.45, 2.75) is 6.92 Å². The number of aromatic nitrogens is 1. The molecule has 0 spiro atoms. The summed E-state index contributed by atoms with van der Waals surface area (Å²) in [7, 11) is 0. The summed E-state index contributed by atoms with van der Waals surface area (Å²) in [4.78, 5) is 43.9. The molecule has 1 fully saturated rings. The van der Waals surface area contributed by atoms with Gasteiger partial charge in [-0.05, 0) is 55.5 Å². The first-order valence-corrected chi connectivity index (χ1v) is 10.8. The second kappa shape index (κ2) is 9.54. The molecule has 4 rings (SSSR count). The molecular weight excluding hydrogens is 449 g/mol. The number of carbonyl (C=O) groups is 3. The number of nitrogens with zero attached hydrogens (tertiary/aromatic N) is 3. The van der Waals surface area contributed by atoms with E-state index in [0.29, 0.717) is 53.7 Å². The van der Waals surface area contributed by atoms with Gasteiger partial charge in [-0.1, -0.05) is 11.6 Å². The summed E-state index contributed by atoms with van der Waals surface area (Å²) in [6.45, 7) is 2.60. The minimum Gasteiger partial charge on any atom is -0.452 e. The topological polar surface area (TPSA) is 79.8 Å². The van der Waals surface area contributed by atoms with Crippen LogP contribution >= 0.6 is 11.6 Å². The van der Waals surface area contributed by atoms with Gasteiger partial charge in [-0.15, -0.1) is 0 Å². The van der Waals surface area contributed by atoms with Gasteiger partial charge in [0, 0.05) is 37.1 Å². The van der Waals surface area contributed by atoms with Crippen molar-refractivity contribution in [3.05, 3.63) is 70.6 Å². The molecule has 0 aliphatic carbocycles. The first-order chi connectivity index (χ1) is 15.8. The lowest BCUT2D eigenvalue weighted by molar-refractivity contribution is -0.134. The number of pyridine rings is 1. The number of rotatable bonds is 5. The first-order valence-electron chi connectivity index (χ1n) is 10.4. The van der Waals surface area contributed by atoms with Crippen LogP contribution in [0, 0.1) is 5.82 Å². The quantitative estimate of drug-likeness (QED) is 0.322. The van der Waals surface area contributed by atoms with Gasteiger partial charge < -0.3 is 14.5 Å². The van der Waals surface area contributed by atoms with Crippen molar-refractivity contribution in [3.63, 3.8) is 0 Å². The lowest BCUT2D eigenvalue weighted by Crippen LogP contribution is -2.50. The maximum Gasteiger partial charge on any atom is 0.338 e. The van der Waals surface area contributed by atoms with Gasteiger partial charge in [0.25, 0.3) is 5.91 Å². The second-order valence-corrected chi connectivity index (χ2v) is 8.10. The van der Waals surface area contributed by atoms with Crippen molar-refractivity contribution in [3.8, 4) is 0 Å². The van der Waals surface area contributed by atoms with Crippen LogP contribution in [0.15, 0.2) is 48.5 Å². The van der Waals surface area contributed by atoms with Crippen LogP contribution in [-0.4, -0.2) is 60.3 Å². The van der Waals surface area contributed by atoms with Crippen LogP contribution in [0.3, 0.4) is 0 Å². The Morgan fingerprint density at radius 1 is 1.00 bits per heavy atom. The van der Waals surface area contributed by atoms with E-state index < -0.39 is 11.8 Å². The fraction of sp³-hybridized carbons (Fsp3) is 0.250. The highest BCUT2D eigenvalue weighted by molar-refractivity contribution is 6.29. The van der Waals surface area contributed by atoms with E-state index in [9.17, 15) is 18.8 Å². The van der Waals surface area contributed by atoms with E-state index >= 15 is 0 Å². The number of fused-ring (bicyclic) bond motifs is 1. The van der Waals surface area contributed by atoms with E-state index in [0.717, 1.165) is 5.39 Å². The van der Waals surface area contributed by atoms with E-state index in [2.05, 4.69) is 4.98 Å². The molecule has 0 atom stereocenters. The van der Waals surface area contributed by atoms with Crippen molar-refractivity contribution >= 4 is 45.9 Å². The van der Waals surface area contributed by atoms with Gasteiger partial charge in [0.05, 0.1) is 16.8 Å². The van der Waals surface area contributed by atoms with Crippen LogP contribution in [0.5, 0.6) is 0 Å². The van der Waals surface area contributed by atoms with Gasteiger partial charge in [0.15, 0.2) is 12.4 Å². The third-order valence-corrected chi connectivity index (χ3v) is 5.76. The number of benzene rings is 2. The van der Waals surface area contributed by atoms with Crippen LogP contribution < -0.4 is 4.90 Å². The first kappa shape index (κ1) is 22.7. The molecule has 0 saturated carbocycles. The summed E-state index contributed by atoms with van der Waals surface area (Å²) in [5, 5.41) is 1.10. The monoisotopic (exact) mass is 469 g/mol. The van der Waals surface area contributed by atoms with Gasteiger partial charge in [-0.2, -0.15) is 0 Å². The zero-order valence-corrected chi connectivity index (χ0v) is 18.6. The molecule has 3 aromatic rings. The number of halogens is 2. The molecule has 7 nitrogen and oxygen atoms in total. The van der Waals surface area contributed by atoms with Crippen LogP contribution in [-0.2, 0) is 9.53 Å². The van der Waals surface area contributed by atoms with Crippen molar-refractivity contribution in [1.82, 2.24) is 9.88 Å². The van der Waals surface area contributed by atoms with E-state index in [1.54, 1.807) is 47.4 Å². The SMILES string of the molecule is CC(=O)c1ccc(N2CCN(C(=O)COC(=O)c3ccc4nc(Cl)ccc4c3)CC2)c(F)c1. The molecule has 1 aliphatic heterocycles. The molecule has 1 aliphatic rings. The number of amides is 1. The van der Waals surface area contributed by atoms with Gasteiger partial charge in [-0.25, -0.2) is 14.2 Å². The molecule has 1 aromatic heterocycles. The third kappa shape index (κ3) is 5.12. The highest BCUT2D eigenvalue weighted by Gasteiger charge is 2.24. The number of carbonyl (C=O) groups excluding carboxylic acids is 3. The Labute approximate surface area is 194 Å². The standard InChI is InChI=1S/C24H21ClFN3O4/c1-15(30)16-3-6-21(19(26)13-16)28-8-10-29(11-9-28)23(31)14-33-24(32)18-2-5-20-17(12-18)4-7-22(25)27-20/h2-7,12-13H,8-11,14H2,1H3. The maximum atomic E-state index is 14.4. The van der Waals surface area contributed by atoms with Crippen molar-refractivity contribution in [2.75, 3.05) is 37.7 Å². The Hall–Kier alpha value is -3.52. The Balaban J connectivity index is 1.31. The highest BCUT2D eigenvalue weighted by atomic mass is 35.5. The largest absolute Gasteiger partial charge is 0.452 e. The Morgan fingerprint density at radius 3 is 2.42 bits per heavy atom. The number of anilines is 1. The zero-order valence-electron chi connectivity index (χ0n) is 17.9. The molecule has 0 radical (unpaired) electrons. The average molecular weight is 470 g/mol. The number of hydrogen-bond acceptors (Lipinski definition) is 6. The lowest BCUT2D eigenvalue weighted by atomic mass is 10.1. The van der Waals surface area contributed by atoms with E-state index in [1.165, 1.54) is 13.0 Å². The highest BCUT2D eigenvalue weighted by Crippen LogP contribution is 2.22. The summed E-state index contributed by atoms with van der Waals surface area (Å²) < 4.78 is 19.6. The summed E-state index contributed by atoms with van der Waals surface area (Å²) >= 11 is 5.87. The van der Waals surface area contributed by atoms with Gasteiger partial charge in [0.1, 0.15) is 11.0 Å². The van der Waals surface area contributed by atoms with Crippen molar-refractivity contribution in [2.24, 2.45) is 0 Å². The molecule has 1 amide bonds. The number of ketones is 1. The van der Waals surface area contributed by atoms with E-state index in [1.807, 2.05) is 4.90 Å². The fourth-order valence-corrected chi connectivity index (χ4v) is 3.86. The van der Waals surface area contributed by atoms with Gasteiger partial charge in [-0.3, -0.25) is 9.59 Å². The molecule has 1 saturated heterocycles. The van der Waals surface area contributed by atoms with E-state index in [-0.39, 0.29) is 18.3 Å². The minimum atomic E-state index is -0.605. The molecule has 0 N–H and O–H groups in total. The molecular formula is C24H21ClFN3O4. The van der Waals surface area contributed by atoms with Gasteiger partial charge in [0.2, 0.25) is 0 Å². The molecule has 33 heavy (non-hydrogen) atoms. The smallest absolute Gasteiger partial charge is 0.338 e. The van der Waals surface area contributed by atoms with Crippen molar-refractivity contribution < 1.29 is 23.5 Å². The summed E-state index contributed by atoms with van der Waals surface area (Å²) in [6.07, 6.45) is 0. The molecule has 0 bridgehead atoms. The molecule has 2 aromatic carbocycles. The molecule has 9 heteroatoms. The number of ether oxygens (including phenoxy) is 1. The van der Waals surface area contributed by atoms with Crippen molar-refractivity contribution in [1.29, 1.82) is 0 Å². The summed E-state index contributed by atoms with van der Waals surface area (Å²) in [5.41, 5.74) is 1.68. The fourth-order valence-electron chi connectivity index (χ4n) is 3.71. The van der Waals surface area contributed by atoms with Crippen LogP contribution in [0.2, 0.25) is 5.15 Å². The Kier molecular flexibility index (Phi) is 6.55. The normalized spacial score (nSPS) is 13.8. The Morgan fingerprint density at radius 2 is 1.73 bits per heavy atom.